The first-order valence-corrected chi connectivity index (χ1v) is 11.1. The van der Waals surface area contributed by atoms with E-state index in [-0.39, 0.29) is 29.7 Å². The Hall–Kier alpha value is -3.33. The standard InChI is InChI=1S/C25H22BrF3N2O3/c1-15(2)21-13-18(26)8-11-22(21)34-14-23(32)30-19-9-6-16(7-10-19)24(33)31-20-5-3-4-17(12-20)25(27,28)29/h3-13,15H,14H2,1-2H3,(H,30,32)(H,31,33). The number of hydrogen-bond acceptors (Lipinski definition) is 3. The van der Waals surface area contributed by atoms with Gasteiger partial charge in [-0.1, -0.05) is 35.8 Å². The molecule has 0 fully saturated rings. The summed E-state index contributed by atoms with van der Waals surface area (Å²) < 4.78 is 45.1. The summed E-state index contributed by atoms with van der Waals surface area (Å²) in [5.41, 5.74) is 0.822. The van der Waals surface area contributed by atoms with E-state index in [0.29, 0.717) is 11.4 Å². The predicted octanol–water partition coefficient (Wildman–Crippen LogP) is 6.86. The fraction of sp³-hybridized carbons (Fsp3) is 0.200. The highest BCUT2D eigenvalue weighted by molar-refractivity contribution is 9.10. The van der Waals surface area contributed by atoms with Gasteiger partial charge in [-0.05, 0) is 72.1 Å². The second-order valence-electron chi connectivity index (χ2n) is 7.78. The van der Waals surface area contributed by atoms with Crippen molar-refractivity contribution in [3.63, 3.8) is 0 Å². The van der Waals surface area contributed by atoms with Crippen molar-refractivity contribution in [3.05, 3.63) is 87.9 Å². The lowest BCUT2D eigenvalue weighted by atomic mass is 10.0. The molecule has 178 valence electrons. The van der Waals surface area contributed by atoms with Gasteiger partial charge >= 0.3 is 6.18 Å². The van der Waals surface area contributed by atoms with E-state index in [0.717, 1.165) is 22.2 Å². The molecule has 0 aliphatic rings. The van der Waals surface area contributed by atoms with Crippen molar-refractivity contribution in [1.82, 2.24) is 0 Å². The molecule has 3 aromatic rings. The Morgan fingerprint density at radius 3 is 2.29 bits per heavy atom. The van der Waals surface area contributed by atoms with Crippen LogP contribution >= 0.6 is 15.9 Å². The number of carbonyl (C=O) groups excluding carboxylic acids is 2. The molecule has 2 amide bonds. The Morgan fingerprint density at radius 2 is 1.65 bits per heavy atom. The Morgan fingerprint density at radius 1 is 0.941 bits per heavy atom. The predicted molar refractivity (Wildman–Crippen MR) is 128 cm³/mol. The number of ether oxygens (including phenoxy) is 1. The van der Waals surface area contributed by atoms with Crippen LogP contribution in [0.5, 0.6) is 5.75 Å². The van der Waals surface area contributed by atoms with E-state index in [1.54, 1.807) is 6.07 Å². The second-order valence-corrected chi connectivity index (χ2v) is 8.70. The maximum absolute atomic E-state index is 12.8. The SMILES string of the molecule is CC(C)c1cc(Br)ccc1OCC(=O)Nc1ccc(C(=O)Nc2cccc(C(F)(F)F)c2)cc1. The number of anilines is 2. The van der Waals surface area contributed by atoms with Crippen molar-refractivity contribution in [1.29, 1.82) is 0 Å². The Balaban J connectivity index is 1.57. The van der Waals surface area contributed by atoms with Crippen LogP contribution in [0.4, 0.5) is 24.5 Å². The average Bonchev–Trinajstić information content (AvgIpc) is 2.78. The lowest BCUT2D eigenvalue weighted by molar-refractivity contribution is -0.137. The van der Waals surface area contributed by atoms with Crippen LogP contribution in [0, 0.1) is 0 Å². The largest absolute Gasteiger partial charge is 0.483 e. The molecule has 3 rings (SSSR count). The molecule has 3 aromatic carbocycles. The minimum atomic E-state index is -4.50. The lowest BCUT2D eigenvalue weighted by Crippen LogP contribution is -2.20. The number of alkyl halides is 3. The number of nitrogens with one attached hydrogen (secondary N) is 2. The minimum absolute atomic E-state index is 0.0306. The van der Waals surface area contributed by atoms with Gasteiger partial charge in [-0.25, -0.2) is 0 Å². The topological polar surface area (TPSA) is 67.4 Å². The van der Waals surface area contributed by atoms with E-state index in [2.05, 4.69) is 26.6 Å². The van der Waals surface area contributed by atoms with Gasteiger partial charge in [-0.3, -0.25) is 9.59 Å². The first-order valence-electron chi connectivity index (χ1n) is 10.3. The molecule has 34 heavy (non-hydrogen) atoms. The number of hydrogen-bond donors (Lipinski definition) is 2. The van der Waals surface area contributed by atoms with Crippen LogP contribution in [0.3, 0.4) is 0 Å². The first-order chi connectivity index (χ1) is 16.0. The van der Waals surface area contributed by atoms with E-state index in [9.17, 15) is 22.8 Å². The van der Waals surface area contributed by atoms with Gasteiger partial charge in [0.15, 0.2) is 6.61 Å². The normalized spacial score (nSPS) is 11.3. The van der Waals surface area contributed by atoms with Crippen molar-refractivity contribution in [2.24, 2.45) is 0 Å². The molecular formula is C25H22BrF3N2O3. The number of halogens is 4. The zero-order chi connectivity index (χ0) is 24.9. The molecule has 0 unspecified atom stereocenters. The van der Waals surface area contributed by atoms with Gasteiger partial charge in [0.25, 0.3) is 11.8 Å². The van der Waals surface area contributed by atoms with Crippen LogP contribution in [0.2, 0.25) is 0 Å². The lowest BCUT2D eigenvalue weighted by Gasteiger charge is -2.14. The Bertz CT molecular complexity index is 1180. The third-order valence-electron chi connectivity index (χ3n) is 4.83. The third-order valence-corrected chi connectivity index (χ3v) is 5.32. The summed E-state index contributed by atoms with van der Waals surface area (Å²) in [7, 11) is 0. The minimum Gasteiger partial charge on any atom is -0.483 e. The highest BCUT2D eigenvalue weighted by atomic mass is 79.9. The molecule has 0 spiro atoms. The first kappa shape index (κ1) is 25.3. The number of carbonyl (C=O) groups is 2. The molecule has 5 nitrogen and oxygen atoms in total. The van der Waals surface area contributed by atoms with Crippen molar-refractivity contribution >= 4 is 39.1 Å². The molecule has 9 heteroatoms. The summed E-state index contributed by atoms with van der Waals surface area (Å²) >= 11 is 3.43. The Labute approximate surface area is 203 Å². The molecule has 0 atom stereocenters. The van der Waals surface area contributed by atoms with Crippen LogP contribution in [0.15, 0.2) is 71.2 Å². The van der Waals surface area contributed by atoms with Crippen LogP contribution in [0.1, 0.15) is 41.3 Å². The van der Waals surface area contributed by atoms with Crippen LogP contribution in [-0.4, -0.2) is 18.4 Å². The fourth-order valence-electron chi connectivity index (χ4n) is 3.12. The van der Waals surface area contributed by atoms with Gasteiger partial charge < -0.3 is 15.4 Å². The molecule has 0 aliphatic carbocycles. The average molecular weight is 535 g/mol. The number of benzene rings is 3. The van der Waals surface area contributed by atoms with Crippen molar-refractivity contribution in [3.8, 4) is 5.75 Å². The summed E-state index contributed by atoms with van der Waals surface area (Å²) in [5.74, 6) is -0.115. The monoisotopic (exact) mass is 534 g/mol. The third kappa shape index (κ3) is 6.84. The maximum Gasteiger partial charge on any atom is 0.416 e. The quantitative estimate of drug-likeness (QED) is 0.348. The highest BCUT2D eigenvalue weighted by Crippen LogP contribution is 2.31. The van der Waals surface area contributed by atoms with E-state index in [1.807, 2.05) is 26.0 Å². The summed E-state index contributed by atoms with van der Waals surface area (Å²) in [5, 5.41) is 5.12. The molecule has 0 saturated carbocycles. The van der Waals surface area contributed by atoms with E-state index in [1.165, 1.54) is 36.4 Å². The van der Waals surface area contributed by atoms with E-state index >= 15 is 0 Å². The van der Waals surface area contributed by atoms with E-state index in [4.69, 9.17) is 4.74 Å². The van der Waals surface area contributed by atoms with Crippen LogP contribution in [0.25, 0.3) is 0 Å². The van der Waals surface area contributed by atoms with Gasteiger partial charge in [-0.15, -0.1) is 0 Å². The highest BCUT2D eigenvalue weighted by Gasteiger charge is 2.30. The van der Waals surface area contributed by atoms with Gasteiger partial charge in [-0.2, -0.15) is 13.2 Å². The summed E-state index contributed by atoms with van der Waals surface area (Å²) in [6.07, 6.45) is -4.50. The van der Waals surface area contributed by atoms with Gasteiger partial charge in [0.1, 0.15) is 5.75 Å². The summed E-state index contributed by atoms with van der Waals surface area (Å²) in [6.45, 7) is 3.86. The van der Waals surface area contributed by atoms with Gasteiger partial charge in [0.2, 0.25) is 0 Å². The summed E-state index contributed by atoms with van der Waals surface area (Å²) in [4.78, 5) is 24.7. The maximum atomic E-state index is 12.8. The van der Waals surface area contributed by atoms with Crippen molar-refractivity contribution in [2.45, 2.75) is 25.9 Å². The zero-order valence-corrected chi connectivity index (χ0v) is 20.0. The molecule has 0 bridgehead atoms. The number of amides is 2. The zero-order valence-electron chi connectivity index (χ0n) is 18.4. The van der Waals surface area contributed by atoms with Crippen molar-refractivity contribution < 1.29 is 27.5 Å². The molecule has 0 radical (unpaired) electrons. The van der Waals surface area contributed by atoms with Crippen LogP contribution in [-0.2, 0) is 11.0 Å². The van der Waals surface area contributed by atoms with Gasteiger partial charge in [0, 0.05) is 21.4 Å². The van der Waals surface area contributed by atoms with E-state index < -0.39 is 17.6 Å². The molecule has 0 aliphatic heterocycles. The summed E-state index contributed by atoms with van der Waals surface area (Å²) in [6, 6.07) is 15.9. The van der Waals surface area contributed by atoms with Gasteiger partial charge in [0.05, 0.1) is 5.56 Å². The van der Waals surface area contributed by atoms with Crippen LogP contribution < -0.4 is 15.4 Å². The fourth-order valence-corrected chi connectivity index (χ4v) is 3.50. The number of rotatable bonds is 7. The second kappa shape index (κ2) is 10.7. The molecular weight excluding hydrogens is 513 g/mol. The molecule has 2 N–H and O–H groups in total. The molecule has 0 aromatic heterocycles. The Kier molecular flexibility index (Phi) is 7.98. The molecule has 0 heterocycles. The molecule has 0 saturated heterocycles. The smallest absolute Gasteiger partial charge is 0.416 e. The van der Waals surface area contributed by atoms with Crippen molar-refractivity contribution in [2.75, 3.05) is 17.2 Å².